The van der Waals surface area contributed by atoms with E-state index in [1.54, 1.807) is 0 Å². The van der Waals surface area contributed by atoms with Crippen LogP contribution in [0.1, 0.15) is 0 Å². The Hall–Kier alpha value is -6.23. The van der Waals surface area contributed by atoms with E-state index in [4.69, 9.17) is 15.0 Å². The Morgan fingerprint density at radius 3 is 1.61 bits per heavy atom. The van der Waals surface area contributed by atoms with Crippen LogP contribution in [0.4, 0.5) is 0 Å². The standard InChI is InChI=1S/C45H27N3S/c1-2-10-28(11-3-1)29-18-20-30(21-19-29)43-35-14-5-8-16-40(35)47-45(48-43)32-24-22-31(23-25-32)44-38-27-42-37(34-13-6-9-17-41(34)49-42)26-36(38)33-12-4-7-15-39(33)46-44/h1-27H. The van der Waals surface area contributed by atoms with Gasteiger partial charge in [-0.2, -0.15) is 0 Å². The highest BCUT2D eigenvalue weighted by molar-refractivity contribution is 7.25. The number of hydrogen-bond acceptors (Lipinski definition) is 4. The first-order valence-electron chi connectivity index (χ1n) is 16.4. The SMILES string of the molecule is c1ccc(-c2ccc(-c3nc(-c4ccc(-c5nc6ccccc6c6cc7c(cc56)sc5ccccc57)cc4)nc4ccccc34)cc2)cc1. The molecule has 3 heterocycles. The first kappa shape index (κ1) is 27.8. The smallest absolute Gasteiger partial charge is 0.160 e. The van der Waals surface area contributed by atoms with E-state index >= 15 is 0 Å². The van der Waals surface area contributed by atoms with Gasteiger partial charge in [0.2, 0.25) is 0 Å². The lowest BCUT2D eigenvalue weighted by Crippen LogP contribution is -1.95. The van der Waals surface area contributed by atoms with Crippen LogP contribution in [-0.4, -0.2) is 15.0 Å². The molecule has 49 heavy (non-hydrogen) atoms. The normalized spacial score (nSPS) is 11.7. The average Bonchev–Trinajstić information content (AvgIpc) is 3.54. The zero-order valence-corrected chi connectivity index (χ0v) is 27.2. The molecule has 0 atom stereocenters. The third kappa shape index (κ3) is 4.68. The summed E-state index contributed by atoms with van der Waals surface area (Å²) in [6.45, 7) is 0. The van der Waals surface area contributed by atoms with Gasteiger partial charge in [0.15, 0.2) is 5.82 Å². The second-order valence-corrected chi connectivity index (χ2v) is 13.5. The van der Waals surface area contributed by atoms with Gasteiger partial charge in [-0.15, -0.1) is 11.3 Å². The van der Waals surface area contributed by atoms with E-state index in [-0.39, 0.29) is 0 Å². The van der Waals surface area contributed by atoms with Gasteiger partial charge in [0.05, 0.1) is 22.4 Å². The number of rotatable bonds is 4. The van der Waals surface area contributed by atoms with Crippen molar-refractivity contribution >= 4 is 64.1 Å². The number of pyridine rings is 1. The van der Waals surface area contributed by atoms with Crippen LogP contribution in [0.3, 0.4) is 0 Å². The van der Waals surface area contributed by atoms with Crippen LogP contribution in [0, 0.1) is 0 Å². The van der Waals surface area contributed by atoms with Crippen LogP contribution in [0.25, 0.3) is 97.8 Å². The summed E-state index contributed by atoms with van der Waals surface area (Å²) in [4.78, 5) is 15.4. The summed E-state index contributed by atoms with van der Waals surface area (Å²) >= 11 is 1.84. The van der Waals surface area contributed by atoms with Crippen molar-refractivity contribution in [1.82, 2.24) is 15.0 Å². The van der Waals surface area contributed by atoms with Crippen LogP contribution in [0.2, 0.25) is 0 Å². The van der Waals surface area contributed by atoms with Crippen molar-refractivity contribution in [1.29, 1.82) is 0 Å². The van der Waals surface area contributed by atoms with E-state index in [0.717, 1.165) is 49.9 Å². The van der Waals surface area contributed by atoms with Gasteiger partial charge in [0.1, 0.15) is 0 Å². The maximum Gasteiger partial charge on any atom is 0.160 e. The number of nitrogens with zero attached hydrogens (tertiary/aromatic N) is 3. The number of aromatic nitrogens is 3. The molecule has 0 bridgehead atoms. The summed E-state index contributed by atoms with van der Waals surface area (Å²) in [5, 5.41) is 7.19. The summed E-state index contributed by atoms with van der Waals surface area (Å²) in [7, 11) is 0. The Labute approximate surface area is 286 Å². The molecule has 3 nitrogen and oxygen atoms in total. The molecule has 7 aromatic carbocycles. The number of benzene rings is 7. The van der Waals surface area contributed by atoms with Gasteiger partial charge in [0, 0.05) is 53.0 Å². The highest BCUT2D eigenvalue weighted by atomic mass is 32.1. The van der Waals surface area contributed by atoms with Gasteiger partial charge < -0.3 is 0 Å². The molecule has 0 unspecified atom stereocenters. The summed E-state index contributed by atoms with van der Waals surface area (Å²) in [6, 6.07) is 57.8. The van der Waals surface area contributed by atoms with Crippen LogP contribution in [0.15, 0.2) is 164 Å². The molecular formula is C45H27N3S. The lowest BCUT2D eigenvalue weighted by atomic mass is 9.97. The van der Waals surface area contributed by atoms with Gasteiger partial charge in [-0.3, -0.25) is 0 Å². The molecule has 0 spiro atoms. The topological polar surface area (TPSA) is 38.7 Å². The van der Waals surface area contributed by atoms with Crippen LogP contribution < -0.4 is 0 Å². The summed E-state index contributed by atoms with van der Waals surface area (Å²) in [5.74, 6) is 0.704. The Bertz CT molecular complexity index is 2860. The maximum absolute atomic E-state index is 5.23. The maximum atomic E-state index is 5.23. The second-order valence-electron chi connectivity index (χ2n) is 12.4. The van der Waals surface area contributed by atoms with E-state index in [0.29, 0.717) is 5.82 Å². The molecule has 0 aliphatic carbocycles. The number of thiophene rings is 1. The van der Waals surface area contributed by atoms with Gasteiger partial charge in [-0.1, -0.05) is 133 Å². The van der Waals surface area contributed by atoms with Crippen LogP contribution >= 0.6 is 11.3 Å². The molecule has 4 heteroatoms. The molecule has 0 aliphatic heterocycles. The summed E-state index contributed by atoms with van der Waals surface area (Å²) in [6.07, 6.45) is 0. The lowest BCUT2D eigenvalue weighted by Gasteiger charge is -2.12. The molecule has 0 fully saturated rings. The monoisotopic (exact) mass is 641 g/mol. The number of hydrogen-bond donors (Lipinski definition) is 0. The molecule has 0 saturated heterocycles. The van der Waals surface area contributed by atoms with E-state index in [9.17, 15) is 0 Å². The molecular weight excluding hydrogens is 615 g/mol. The van der Waals surface area contributed by atoms with Crippen LogP contribution in [0.5, 0.6) is 0 Å². The highest BCUT2D eigenvalue weighted by Gasteiger charge is 2.16. The number of para-hydroxylation sites is 2. The average molecular weight is 642 g/mol. The lowest BCUT2D eigenvalue weighted by molar-refractivity contribution is 1.23. The van der Waals surface area contributed by atoms with Crippen molar-refractivity contribution in [3.8, 4) is 45.0 Å². The van der Waals surface area contributed by atoms with Gasteiger partial charge in [-0.25, -0.2) is 15.0 Å². The van der Waals surface area contributed by atoms with Crippen molar-refractivity contribution in [2.45, 2.75) is 0 Å². The van der Waals surface area contributed by atoms with E-state index in [1.165, 1.54) is 42.1 Å². The summed E-state index contributed by atoms with van der Waals surface area (Å²) in [5.41, 5.74) is 9.31. The minimum absolute atomic E-state index is 0.704. The fourth-order valence-electron chi connectivity index (χ4n) is 7.04. The highest BCUT2D eigenvalue weighted by Crippen LogP contribution is 2.41. The molecule has 0 N–H and O–H groups in total. The largest absolute Gasteiger partial charge is 0.247 e. The molecule has 0 amide bonds. The first-order chi connectivity index (χ1) is 24.3. The third-order valence-corrected chi connectivity index (χ3v) is 10.6. The first-order valence-corrected chi connectivity index (χ1v) is 17.3. The minimum atomic E-state index is 0.704. The molecule has 0 saturated carbocycles. The fourth-order valence-corrected chi connectivity index (χ4v) is 8.17. The van der Waals surface area contributed by atoms with E-state index < -0.39 is 0 Å². The third-order valence-electron chi connectivity index (χ3n) is 9.48. The van der Waals surface area contributed by atoms with Gasteiger partial charge in [0.25, 0.3) is 0 Å². The molecule has 3 aromatic heterocycles. The van der Waals surface area contributed by atoms with Crippen molar-refractivity contribution < 1.29 is 0 Å². The molecule has 10 aromatic rings. The Balaban J connectivity index is 1.09. The molecule has 0 radical (unpaired) electrons. The Kier molecular flexibility index (Phi) is 6.36. The minimum Gasteiger partial charge on any atom is -0.247 e. The molecule has 228 valence electrons. The zero-order chi connectivity index (χ0) is 32.3. The fraction of sp³-hybridized carbons (Fsp3) is 0. The Morgan fingerprint density at radius 1 is 0.306 bits per heavy atom. The van der Waals surface area contributed by atoms with E-state index in [1.807, 2.05) is 23.5 Å². The van der Waals surface area contributed by atoms with Gasteiger partial charge >= 0.3 is 0 Å². The predicted octanol–water partition coefficient (Wildman–Crippen LogP) is 12.4. The number of fused-ring (bicyclic) bond motifs is 7. The summed E-state index contributed by atoms with van der Waals surface area (Å²) < 4.78 is 2.58. The second kappa shape index (κ2) is 11.2. The molecule has 0 aliphatic rings. The zero-order valence-electron chi connectivity index (χ0n) is 26.3. The van der Waals surface area contributed by atoms with Crippen molar-refractivity contribution in [3.05, 3.63) is 164 Å². The van der Waals surface area contributed by atoms with Crippen LogP contribution in [-0.2, 0) is 0 Å². The Morgan fingerprint density at radius 2 is 0.857 bits per heavy atom. The molecule has 10 rings (SSSR count). The quantitative estimate of drug-likeness (QED) is 0.180. The van der Waals surface area contributed by atoms with E-state index in [2.05, 4.69) is 152 Å². The van der Waals surface area contributed by atoms with Crippen molar-refractivity contribution in [2.75, 3.05) is 0 Å². The van der Waals surface area contributed by atoms with Crippen molar-refractivity contribution in [3.63, 3.8) is 0 Å². The van der Waals surface area contributed by atoms with Crippen molar-refractivity contribution in [2.24, 2.45) is 0 Å². The predicted molar refractivity (Wildman–Crippen MR) is 207 cm³/mol. The van der Waals surface area contributed by atoms with Gasteiger partial charge in [-0.05, 0) is 46.8 Å².